The number of rotatable bonds is 6. The number of nitrogens with zero attached hydrogens (tertiary/aromatic N) is 3. The second kappa shape index (κ2) is 6.01. The number of hydrogen-bond donors (Lipinski definition) is 1. The van der Waals surface area contributed by atoms with Crippen LogP contribution in [-0.2, 0) is 6.54 Å². The maximum absolute atomic E-state index is 9.18. The maximum atomic E-state index is 9.18. The smallest absolute Gasteiger partial charge is 0.103 e. The number of hydrogen-bond acceptors (Lipinski definition) is 3. The van der Waals surface area contributed by atoms with E-state index >= 15 is 0 Å². The van der Waals surface area contributed by atoms with Gasteiger partial charge >= 0.3 is 0 Å². The van der Waals surface area contributed by atoms with Crippen molar-refractivity contribution in [3.8, 4) is 6.07 Å². The molecule has 1 atom stereocenters. The highest BCUT2D eigenvalue weighted by molar-refractivity contribution is 5.22. The minimum absolute atomic E-state index is 0.417. The third kappa shape index (κ3) is 3.33. The third-order valence-corrected chi connectivity index (χ3v) is 3.60. The van der Waals surface area contributed by atoms with Gasteiger partial charge in [-0.2, -0.15) is 10.4 Å². The zero-order valence-electron chi connectivity index (χ0n) is 12.2. The highest BCUT2D eigenvalue weighted by Gasteiger charge is 2.21. The van der Waals surface area contributed by atoms with Crippen molar-refractivity contribution in [2.75, 3.05) is 6.54 Å². The Kier molecular flexibility index (Phi) is 4.92. The standard InChI is InChI=1S/C14H24N4/c1-6-16-14(5,10-15)8-7-9-18-13(4)11(2)12(3)17-18/h16H,6-9H2,1-5H3. The van der Waals surface area contributed by atoms with Gasteiger partial charge in [0.05, 0.1) is 11.8 Å². The summed E-state index contributed by atoms with van der Waals surface area (Å²) in [6, 6.07) is 2.36. The van der Waals surface area contributed by atoms with Crippen LogP contribution in [0.4, 0.5) is 0 Å². The molecule has 18 heavy (non-hydrogen) atoms. The molecule has 0 aliphatic carbocycles. The molecule has 0 amide bonds. The van der Waals surface area contributed by atoms with E-state index in [0.29, 0.717) is 0 Å². The Morgan fingerprint density at radius 2 is 2.06 bits per heavy atom. The van der Waals surface area contributed by atoms with Gasteiger partial charge in [0.2, 0.25) is 0 Å². The zero-order valence-corrected chi connectivity index (χ0v) is 12.2. The Bertz CT molecular complexity index is 441. The van der Waals surface area contributed by atoms with Gasteiger partial charge in [0.1, 0.15) is 5.54 Å². The van der Waals surface area contributed by atoms with Crippen molar-refractivity contribution in [3.63, 3.8) is 0 Å². The van der Waals surface area contributed by atoms with Crippen molar-refractivity contribution in [2.45, 2.75) is 59.5 Å². The Morgan fingerprint density at radius 3 is 2.50 bits per heavy atom. The molecule has 1 aromatic heterocycles. The lowest BCUT2D eigenvalue weighted by Gasteiger charge is -2.22. The summed E-state index contributed by atoms with van der Waals surface area (Å²) in [6.45, 7) is 11.9. The van der Waals surface area contributed by atoms with Gasteiger partial charge < -0.3 is 0 Å². The number of nitrogens with one attached hydrogen (secondary N) is 1. The number of aryl methyl sites for hydroxylation is 2. The van der Waals surface area contributed by atoms with E-state index in [1.807, 2.05) is 20.8 Å². The molecule has 0 radical (unpaired) electrons. The fraction of sp³-hybridized carbons (Fsp3) is 0.714. The third-order valence-electron chi connectivity index (χ3n) is 3.60. The molecule has 4 nitrogen and oxygen atoms in total. The van der Waals surface area contributed by atoms with E-state index in [2.05, 4.69) is 35.0 Å². The molecule has 0 fully saturated rings. The molecule has 0 saturated carbocycles. The van der Waals surface area contributed by atoms with Gasteiger partial charge in [-0.05, 0) is 52.6 Å². The molecule has 1 aromatic rings. The molecule has 4 heteroatoms. The molecule has 0 spiro atoms. The van der Waals surface area contributed by atoms with E-state index in [0.717, 1.165) is 31.6 Å². The molecule has 0 aliphatic rings. The lowest BCUT2D eigenvalue weighted by atomic mass is 9.97. The zero-order chi connectivity index (χ0) is 13.8. The summed E-state index contributed by atoms with van der Waals surface area (Å²) in [5.74, 6) is 0. The number of aromatic nitrogens is 2. The lowest BCUT2D eigenvalue weighted by molar-refractivity contribution is 0.395. The molecule has 100 valence electrons. The fourth-order valence-electron chi connectivity index (χ4n) is 2.16. The predicted molar refractivity (Wildman–Crippen MR) is 73.4 cm³/mol. The van der Waals surface area contributed by atoms with Crippen molar-refractivity contribution < 1.29 is 0 Å². The highest BCUT2D eigenvalue weighted by Crippen LogP contribution is 2.15. The molecular formula is C14H24N4. The molecule has 0 bridgehead atoms. The predicted octanol–water partition coefficient (Wildman–Crippen LogP) is 2.48. The normalized spacial score (nSPS) is 14.2. The molecule has 1 N–H and O–H groups in total. The highest BCUT2D eigenvalue weighted by atomic mass is 15.3. The summed E-state index contributed by atoms with van der Waals surface area (Å²) in [5.41, 5.74) is 3.18. The summed E-state index contributed by atoms with van der Waals surface area (Å²) in [7, 11) is 0. The van der Waals surface area contributed by atoms with Crippen molar-refractivity contribution >= 4 is 0 Å². The van der Waals surface area contributed by atoms with E-state index in [1.54, 1.807) is 0 Å². The van der Waals surface area contributed by atoms with E-state index in [1.165, 1.54) is 11.3 Å². The quantitative estimate of drug-likeness (QED) is 0.841. The molecule has 1 heterocycles. The van der Waals surface area contributed by atoms with Gasteiger partial charge in [0.15, 0.2) is 0 Å². The summed E-state index contributed by atoms with van der Waals surface area (Å²) < 4.78 is 2.05. The topological polar surface area (TPSA) is 53.6 Å². The first kappa shape index (κ1) is 14.7. The van der Waals surface area contributed by atoms with E-state index < -0.39 is 5.54 Å². The minimum atomic E-state index is -0.417. The molecule has 0 aromatic carbocycles. The second-order valence-corrected chi connectivity index (χ2v) is 5.10. The van der Waals surface area contributed by atoms with Crippen LogP contribution < -0.4 is 5.32 Å². The van der Waals surface area contributed by atoms with Crippen LogP contribution in [0.1, 0.15) is 43.6 Å². The average molecular weight is 248 g/mol. The van der Waals surface area contributed by atoms with E-state index in [9.17, 15) is 5.26 Å². The van der Waals surface area contributed by atoms with Crippen LogP contribution in [0.2, 0.25) is 0 Å². The van der Waals surface area contributed by atoms with Crippen LogP contribution in [0.25, 0.3) is 0 Å². The first-order valence-corrected chi connectivity index (χ1v) is 6.60. The van der Waals surface area contributed by atoms with Gasteiger partial charge in [-0.3, -0.25) is 10.00 Å². The Hall–Kier alpha value is -1.34. The summed E-state index contributed by atoms with van der Waals surface area (Å²) in [6.07, 6.45) is 1.80. The SMILES string of the molecule is CCNC(C)(C#N)CCCn1nc(C)c(C)c1C. The first-order chi connectivity index (χ1) is 8.43. The minimum Gasteiger partial charge on any atom is -0.300 e. The van der Waals surface area contributed by atoms with Gasteiger partial charge in [-0.15, -0.1) is 0 Å². The van der Waals surface area contributed by atoms with E-state index in [4.69, 9.17) is 0 Å². The van der Waals surface area contributed by atoms with Crippen LogP contribution in [0.5, 0.6) is 0 Å². The number of nitriles is 1. The maximum Gasteiger partial charge on any atom is 0.103 e. The monoisotopic (exact) mass is 248 g/mol. The summed E-state index contributed by atoms with van der Waals surface area (Å²) in [5, 5.41) is 16.9. The summed E-state index contributed by atoms with van der Waals surface area (Å²) in [4.78, 5) is 0. The van der Waals surface area contributed by atoms with Gasteiger partial charge in [0.25, 0.3) is 0 Å². The van der Waals surface area contributed by atoms with E-state index in [-0.39, 0.29) is 0 Å². The Labute approximate surface area is 110 Å². The molecule has 1 rings (SSSR count). The van der Waals surface area contributed by atoms with Crippen molar-refractivity contribution in [2.24, 2.45) is 0 Å². The molecular weight excluding hydrogens is 224 g/mol. The fourth-order valence-corrected chi connectivity index (χ4v) is 2.16. The molecule has 0 aliphatic heterocycles. The van der Waals surface area contributed by atoms with Gasteiger partial charge in [0, 0.05) is 12.2 Å². The molecule has 1 unspecified atom stereocenters. The summed E-state index contributed by atoms with van der Waals surface area (Å²) >= 11 is 0. The largest absolute Gasteiger partial charge is 0.300 e. The van der Waals surface area contributed by atoms with Crippen LogP contribution in [-0.4, -0.2) is 21.9 Å². The Morgan fingerprint density at radius 1 is 1.39 bits per heavy atom. The van der Waals surface area contributed by atoms with Crippen LogP contribution in [0.15, 0.2) is 0 Å². The van der Waals surface area contributed by atoms with Gasteiger partial charge in [-0.1, -0.05) is 6.92 Å². The average Bonchev–Trinajstić information content (AvgIpc) is 2.57. The van der Waals surface area contributed by atoms with Crippen LogP contribution in [0, 0.1) is 32.1 Å². The van der Waals surface area contributed by atoms with Crippen LogP contribution in [0.3, 0.4) is 0 Å². The van der Waals surface area contributed by atoms with Crippen molar-refractivity contribution in [1.82, 2.24) is 15.1 Å². The van der Waals surface area contributed by atoms with Crippen LogP contribution >= 0.6 is 0 Å². The Balaban J connectivity index is 2.56. The van der Waals surface area contributed by atoms with Crippen molar-refractivity contribution in [3.05, 3.63) is 17.0 Å². The lowest BCUT2D eigenvalue weighted by Crippen LogP contribution is -2.40. The second-order valence-electron chi connectivity index (χ2n) is 5.10. The molecule has 0 saturated heterocycles. The first-order valence-electron chi connectivity index (χ1n) is 6.60. The van der Waals surface area contributed by atoms with Crippen molar-refractivity contribution in [1.29, 1.82) is 5.26 Å². The van der Waals surface area contributed by atoms with Gasteiger partial charge in [-0.25, -0.2) is 0 Å².